The molecule has 0 bridgehead atoms. The smallest absolute Gasteiger partial charge is 0.0648 e. The summed E-state index contributed by atoms with van der Waals surface area (Å²) in [6.07, 6.45) is 1.80. The van der Waals surface area contributed by atoms with E-state index in [1.807, 2.05) is 19.1 Å². The lowest BCUT2D eigenvalue weighted by Gasteiger charge is -2.23. The number of likely N-dealkylation sites (N-methyl/N-ethyl adjacent to an activating group) is 1. The predicted molar refractivity (Wildman–Crippen MR) is 68.2 cm³/mol. The summed E-state index contributed by atoms with van der Waals surface area (Å²) in [6.45, 7) is 7.51. The van der Waals surface area contributed by atoms with Crippen molar-refractivity contribution in [2.24, 2.45) is 0 Å². The molecule has 0 spiro atoms. The molecule has 90 valence electrons. The molecule has 0 aliphatic carbocycles. The second kappa shape index (κ2) is 7.47. The van der Waals surface area contributed by atoms with E-state index in [0.717, 1.165) is 37.7 Å². The second-order valence-corrected chi connectivity index (χ2v) is 3.68. The number of hydrogen-bond donors (Lipinski definition) is 0. The molecule has 1 aromatic heterocycles. The van der Waals surface area contributed by atoms with Gasteiger partial charge in [-0.25, -0.2) is 0 Å². The molecule has 1 aromatic rings. The van der Waals surface area contributed by atoms with Crippen molar-refractivity contribution >= 4 is 17.3 Å². The lowest BCUT2D eigenvalue weighted by Crippen LogP contribution is -2.27. The zero-order valence-corrected chi connectivity index (χ0v) is 10.7. The fourth-order valence-electron chi connectivity index (χ4n) is 1.52. The van der Waals surface area contributed by atoms with Crippen LogP contribution in [0.1, 0.15) is 19.5 Å². The van der Waals surface area contributed by atoms with Crippen molar-refractivity contribution in [2.45, 2.75) is 19.7 Å². The molecule has 0 aliphatic heterocycles. The van der Waals surface area contributed by atoms with Crippen molar-refractivity contribution in [1.29, 1.82) is 0 Å². The number of hydrogen-bond acceptors (Lipinski definition) is 3. The first kappa shape index (κ1) is 13.3. The average Bonchev–Trinajstić information content (AvgIpc) is 2.35. The highest BCUT2D eigenvalue weighted by Crippen LogP contribution is 2.15. The van der Waals surface area contributed by atoms with Gasteiger partial charge < -0.3 is 9.64 Å². The number of rotatable bonds is 7. The molecule has 0 amide bonds. The first-order chi connectivity index (χ1) is 7.81. The van der Waals surface area contributed by atoms with E-state index in [0.29, 0.717) is 5.88 Å². The fraction of sp³-hybridized carbons (Fsp3) is 0.583. The molecule has 4 heteroatoms. The van der Waals surface area contributed by atoms with Gasteiger partial charge in [0.2, 0.25) is 0 Å². The van der Waals surface area contributed by atoms with Crippen molar-refractivity contribution in [3.63, 3.8) is 0 Å². The Morgan fingerprint density at radius 2 is 2.25 bits per heavy atom. The molecule has 1 heterocycles. The van der Waals surface area contributed by atoms with Gasteiger partial charge in [-0.2, -0.15) is 0 Å². The highest BCUT2D eigenvalue weighted by atomic mass is 35.5. The minimum Gasteiger partial charge on any atom is -0.380 e. The topological polar surface area (TPSA) is 25.4 Å². The number of halogens is 1. The molecule has 0 aliphatic rings. The third-order valence-corrected chi connectivity index (χ3v) is 2.67. The molecule has 0 saturated heterocycles. The van der Waals surface area contributed by atoms with Crippen molar-refractivity contribution in [3.8, 4) is 0 Å². The van der Waals surface area contributed by atoms with Crippen LogP contribution in [0, 0.1) is 0 Å². The number of aromatic nitrogens is 1. The Morgan fingerprint density at radius 3 is 2.88 bits per heavy atom. The van der Waals surface area contributed by atoms with Crippen LogP contribution in [0.3, 0.4) is 0 Å². The van der Waals surface area contributed by atoms with Crippen LogP contribution in [0.2, 0.25) is 0 Å². The van der Waals surface area contributed by atoms with Crippen molar-refractivity contribution in [2.75, 3.05) is 31.2 Å². The lowest BCUT2D eigenvalue weighted by molar-refractivity contribution is 0.154. The van der Waals surface area contributed by atoms with E-state index < -0.39 is 0 Å². The Kier molecular flexibility index (Phi) is 6.19. The number of alkyl halides is 1. The summed E-state index contributed by atoms with van der Waals surface area (Å²) in [5.41, 5.74) is 2.07. The van der Waals surface area contributed by atoms with Crippen molar-refractivity contribution in [1.82, 2.24) is 4.98 Å². The van der Waals surface area contributed by atoms with E-state index in [1.54, 1.807) is 6.20 Å². The Hall–Kier alpha value is -0.800. The van der Waals surface area contributed by atoms with Crippen LogP contribution >= 0.6 is 11.6 Å². The van der Waals surface area contributed by atoms with Gasteiger partial charge in [-0.3, -0.25) is 4.98 Å². The average molecular weight is 243 g/mol. The van der Waals surface area contributed by atoms with E-state index in [1.165, 1.54) is 0 Å². The van der Waals surface area contributed by atoms with E-state index >= 15 is 0 Å². The predicted octanol–water partition coefficient (Wildman–Crippen LogP) is 2.68. The molecule has 0 fully saturated rings. The summed E-state index contributed by atoms with van der Waals surface area (Å²) in [7, 11) is 0. The van der Waals surface area contributed by atoms with Gasteiger partial charge in [-0.05, 0) is 26.0 Å². The van der Waals surface area contributed by atoms with Gasteiger partial charge >= 0.3 is 0 Å². The Morgan fingerprint density at radius 1 is 1.44 bits per heavy atom. The SMILES string of the molecule is CCOCCN(CC)c1ccnc(CCl)c1. The first-order valence-corrected chi connectivity index (χ1v) is 6.18. The normalized spacial score (nSPS) is 10.4. The van der Waals surface area contributed by atoms with Crippen LogP contribution in [0.25, 0.3) is 0 Å². The summed E-state index contributed by atoms with van der Waals surface area (Å²) in [5, 5.41) is 0. The maximum atomic E-state index is 5.77. The van der Waals surface area contributed by atoms with E-state index in [-0.39, 0.29) is 0 Å². The van der Waals surface area contributed by atoms with Gasteiger partial charge in [-0.1, -0.05) is 0 Å². The Bertz CT molecular complexity index is 307. The van der Waals surface area contributed by atoms with Crippen LogP contribution < -0.4 is 4.90 Å². The maximum Gasteiger partial charge on any atom is 0.0648 e. The molecule has 3 nitrogen and oxygen atoms in total. The Balaban J connectivity index is 2.62. The number of nitrogens with zero attached hydrogens (tertiary/aromatic N) is 2. The summed E-state index contributed by atoms with van der Waals surface area (Å²) >= 11 is 5.77. The molecular weight excluding hydrogens is 224 g/mol. The molecule has 0 radical (unpaired) electrons. The lowest BCUT2D eigenvalue weighted by atomic mass is 10.3. The van der Waals surface area contributed by atoms with E-state index in [2.05, 4.69) is 16.8 Å². The van der Waals surface area contributed by atoms with Crippen LogP contribution in [0.5, 0.6) is 0 Å². The third kappa shape index (κ3) is 3.99. The van der Waals surface area contributed by atoms with E-state index in [4.69, 9.17) is 16.3 Å². The summed E-state index contributed by atoms with van der Waals surface area (Å²) < 4.78 is 5.36. The monoisotopic (exact) mass is 242 g/mol. The molecule has 0 aromatic carbocycles. The van der Waals surface area contributed by atoms with Gasteiger partial charge in [0.25, 0.3) is 0 Å². The molecule has 0 N–H and O–H groups in total. The molecule has 1 rings (SSSR count). The first-order valence-electron chi connectivity index (χ1n) is 5.65. The fourth-order valence-corrected chi connectivity index (χ4v) is 1.67. The minimum absolute atomic E-state index is 0.455. The highest BCUT2D eigenvalue weighted by Gasteiger charge is 2.04. The number of anilines is 1. The minimum atomic E-state index is 0.455. The van der Waals surface area contributed by atoms with Crippen molar-refractivity contribution < 1.29 is 4.74 Å². The standard InChI is InChI=1S/C12H19ClN2O/c1-3-15(7-8-16-4-2)12-5-6-14-11(9-12)10-13/h5-6,9H,3-4,7-8,10H2,1-2H3. The molecule has 16 heavy (non-hydrogen) atoms. The van der Waals surface area contributed by atoms with Gasteiger partial charge in [-0.15, -0.1) is 11.6 Å². The van der Waals surface area contributed by atoms with Gasteiger partial charge in [0.05, 0.1) is 18.2 Å². The molecule has 0 atom stereocenters. The number of ether oxygens (including phenoxy) is 1. The van der Waals surface area contributed by atoms with Crippen LogP contribution in [-0.4, -0.2) is 31.3 Å². The largest absolute Gasteiger partial charge is 0.380 e. The van der Waals surface area contributed by atoms with Crippen LogP contribution in [-0.2, 0) is 10.6 Å². The molecular formula is C12H19ClN2O. The highest BCUT2D eigenvalue weighted by molar-refractivity contribution is 6.16. The zero-order chi connectivity index (χ0) is 11.8. The molecule has 0 saturated carbocycles. The summed E-state index contributed by atoms with van der Waals surface area (Å²) in [6, 6.07) is 4.04. The van der Waals surface area contributed by atoms with Crippen LogP contribution in [0.15, 0.2) is 18.3 Å². The second-order valence-electron chi connectivity index (χ2n) is 3.42. The summed E-state index contributed by atoms with van der Waals surface area (Å²) in [5.74, 6) is 0.455. The van der Waals surface area contributed by atoms with Crippen molar-refractivity contribution in [3.05, 3.63) is 24.0 Å². The van der Waals surface area contributed by atoms with E-state index in [9.17, 15) is 0 Å². The maximum absolute atomic E-state index is 5.77. The zero-order valence-electron chi connectivity index (χ0n) is 9.95. The third-order valence-electron chi connectivity index (χ3n) is 2.39. The molecule has 0 unspecified atom stereocenters. The summed E-state index contributed by atoms with van der Waals surface area (Å²) in [4.78, 5) is 6.44. The van der Waals surface area contributed by atoms with Gasteiger partial charge in [0, 0.05) is 31.6 Å². The quantitative estimate of drug-likeness (QED) is 0.543. The van der Waals surface area contributed by atoms with Crippen LogP contribution in [0.4, 0.5) is 5.69 Å². The number of pyridine rings is 1. The van der Waals surface area contributed by atoms with Gasteiger partial charge in [0.1, 0.15) is 0 Å². The van der Waals surface area contributed by atoms with Gasteiger partial charge in [0.15, 0.2) is 0 Å². The Labute approximate surface area is 102 Å².